The second-order valence-electron chi connectivity index (χ2n) is 9.88. The first-order valence-corrected chi connectivity index (χ1v) is 13.4. The zero-order chi connectivity index (χ0) is 22.8. The Hall–Kier alpha value is -1.25. The highest BCUT2D eigenvalue weighted by molar-refractivity contribution is 7.18. The van der Waals surface area contributed by atoms with Crippen molar-refractivity contribution >= 4 is 34.7 Å². The van der Waals surface area contributed by atoms with Gasteiger partial charge in [-0.25, -0.2) is 4.79 Å². The monoisotopic (exact) mass is 566 g/mol. The van der Waals surface area contributed by atoms with Crippen LogP contribution in [0.3, 0.4) is 0 Å². The van der Waals surface area contributed by atoms with Crippen molar-refractivity contribution in [2.24, 2.45) is 5.92 Å². The Morgan fingerprint density at radius 2 is 1.76 bits per heavy atom. The van der Waals surface area contributed by atoms with Crippen molar-refractivity contribution in [3.8, 4) is 0 Å². The molecule has 2 aromatic rings. The molecule has 2 atom stereocenters. The highest BCUT2D eigenvalue weighted by Crippen LogP contribution is 2.37. The van der Waals surface area contributed by atoms with Crippen LogP contribution in [0.15, 0.2) is 42.5 Å². The SMILES string of the molecule is O=C(C[N+]12CCC(CC1)[C@@H](OC(=O)C(c1ccccc1)N1CCCCC1)C2)c1ccc(Cl)s1.[Br-]. The van der Waals surface area contributed by atoms with Crippen molar-refractivity contribution in [1.29, 1.82) is 0 Å². The van der Waals surface area contributed by atoms with Gasteiger partial charge in [-0.3, -0.25) is 9.69 Å². The summed E-state index contributed by atoms with van der Waals surface area (Å²) in [5.74, 6) is 0.419. The molecule has 0 spiro atoms. The van der Waals surface area contributed by atoms with Crippen molar-refractivity contribution < 1.29 is 35.8 Å². The molecule has 5 nitrogen and oxygen atoms in total. The lowest BCUT2D eigenvalue weighted by Crippen LogP contribution is -3.00. The van der Waals surface area contributed by atoms with Gasteiger partial charge in [0.25, 0.3) is 0 Å². The Bertz CT molecular complexity index is 987. The fourth-order valence-corrected chi connectivity index (χ4v) is 6.92. The topological polar surface area (TPSA) is 46.6 Å². The molecule has 0 radical (unpaired) electrons. The molecule has 34 heavy (non-hydrogen) atoms. The van der Waals surface area contributed by atoms with E-state index in [0.717, 1.165) is 73.3 Å². The minimum absolute atomic E-state index is 0. The van der Waals surface area contributed by atoms with E-state index in [9.17, 15) is 9.59 Å². The maximum absolute atomic E-state index is 13.6. The van der Waals surface area contributed by atoms with E-state index in [1.54, 1.807) is 6.07 Å². The molecule has 0 N–H and O–H groups in total. The third-order valence-electron chi connectivity index (χ3n) is 7.73. The number of nitrogens with zero attached hydrogens (tertiary/aromatic N) is 2. The number of likely N-dealkylation sites (tertiary alicyclic amines) is 1. The molecule has 8 heteroatoms. The number of hydrogen-bond acceptors (Lipinski definition) is 5. The number of ketones is 1. The summed E-state index contributed by atoms with van der Waals surface area (Å²) in [4.78, 5) is 29.6. The minimum Gasteiger partial charge on any atom is -1.00 e. The second kappa shape index (κ2) is 11.2. The fraction of sp³-hybridized carbons (Fsp3) is 0.538. The number of Topliss-reactive ketones (excluding diaryl/α,β-unsaturated/α-hetero) is 1. The van der Waals surface area contributed by atoms with Crippen LogP contribution in [0.5, 0.6) is 0 Å². The van der Waals surface area contributed by atoms with Gasteiger partial charge >= 0.3 is 5.97 Å². The number of ether oxygens (including phenoxy) is 1. The van der Waals surface area contributed by atoms with E-state index in [2.05, 4.69) is 4.90 Å². The number of benzene rings is 1. The molecule has 0 amide bonds. The Balaban J connectivity index is 0.00000274. The smallest absolute Gasteiger partial charge is 0.328 e. The lowest BCUT2D eigenvalue weighted by Gasteiger charge is -2.51. The summed E-state index contributed by atoms with van der Waals surface area (Å²) in [6.07, 6.45) is 5.37. The summed E-state index contributed by atoms with van der Waals surface area (Å²) in [5, 5.41) is 0. The number of fused-ring (bicyclic) bond motifs is 3. The molecule has 0 saturated carbocycles. The van der Waals surface area contributed by atoms with Crippen molar-refractivity contribution in [2.75, 3.05) is 39.3 Å². The summed E-state index contributed by atoms with van der Waals surface area (Å²) in [7, 11) is 0. The summed E-state index contributed by atoms with van der Waals surface area (Å²) in [6, 6.07) is 13.3. The van der Waals surface area contributed by atoms with Crippen LogP contribution in [0.2, 0.25) is 4.34 Å². The Morgan fingerprint density at radius 3 is 2.41 bits per heavy atom. The molecule has 6 rings (SSSR count). The van der Waals surface area contributed by atoms with Gasteiger partial charge in [-0.05, 0) is 43.6 Å². The summed E-state index contributed by atoms with van der Waals surface area (Å²) >= 11 is 7.40. The number of piperidine rings is 4. The predicted molar refractivity (Wildman–Crippen MR) is 131 cm³/mol. The van der Waals surface area contributed by atoms with E-state index < -0.39 is 0 Å². The van der Waals surface area contributed by atoms with Gasteiger partial charge in [-0.15, -0.1) is 11.3 Å². The van der Waals surface area contributed by atoms with Gasteiger partial charge in [0.05, 0.1) is 22.3 Å². The van der Waals surface area contributed by atoms with E-state index in [1.165, 1.54) is 17.8 Å². The number of hydrogen-bond donors (Lipinski definition) is 0. The second-order valence-corrected chi connectivity index (χ2v) is 11.6. The lowest BCUT2D eigenvalue weighted by atomic mass is 9.83. The Morgan fingerprint density at radius 1 is 1.06 bits per heavy atom. The maximum atomic E-state index is 13.6. The first kappa shape index (κ1) is 25.8. The number of carbonyl (C=O) groups excluding carboxylic acids is 2. The van der Waals surface area contributed by atoms with Crippen molar-refractivity contribution in [2.45, 2.75) is 44.2 Å². The van der Waals surface area contributed by atoms with E-state index in [1.807, 2.05) is 36.4 Å². The summed E-state index contributed by atoms with van der Waals surface area (Å²) < 4.78 is 7.66. The first-order chi connectivity index (χ1) is 16.0. The van der Waals surface area contributed by atoms with E-state index >= 15 is 0 Å². The third-order valence-corrected chi connectivity index (χ3v) is 9.00. The van der Waals surface area contributed by atoms with Gasteiger partial charge in [0, 0.05) is 18.8 Å². The number of thiophene rings is 1. The number of rotatable bonds is 7. The van der Waals surface area contributed by atoms with Crippen molar-refractivity contribution in [1.82, 2.24) is 4.90 Å². The van der Waals surface area contributed by atoms with Gasteiger partial charge in [-0.2, -0.15) is 0 Å². The molecule has 1 unspecified atom stereocenters. The Labute approximate surface area is 221 Å². The number of halogens is 2. The zero-order valence-electron chi connectivity index (χ0n) is 19.3. The molecule has 1 aromatic heterocycles. The number of quaternary nitrogens is 1. The van der Waals surface area contributed by atoms with E-state index in [-0.39, 0.29) is 40.9 Å². The van der Waals surface area contributed by atoms with E-state index in [0.29, 0.717) is 16.8 Å². The largest absolute Gasteiger partial charge is 1.00 e. The normalized spacial score (nSPS) is 27.6. The van der Waals surface area contributed by atoms with E-state index in [4.69, 9.17) is 16.3 Å². The first-order valence-electron chi connectivity index (χ1n) is 12.2. The average Bonchev–Trinajstić information content (AvgIpc) is 3.28. The average molecular weight is 568 g/mol. The van der Waals surface area contributed by atoms with Crippen LogP contribution in [0.4, 0.5) is 0 Å². The van der Waals surface area contributed by atoms with Gasteiger partial charge in [0.2, 0.25) is 5.78 Å². The molecular weight excluding hydrogens is 536 g/mol. The molecule has 5 heterocycles. The van der Waals surface area contributed by atoms with Crippen LogP contribution >= 0.6 is 22.9 Å². The van der Waals surface area contributed by atoms with Gasteiger partial charge < -0.3 is 26.2 Å². The van der Waals surface area contributed by atoms with Crippen LogP contribution in [0.1, 0.15) is 53.4 Å². The van der Waals surface area contributed by atoms with Crippen LogP contribution in [0.25, 0.3) is 0 Å². The molecular formula is C26H32BrClN2O3S. The summed E-state index contributed by atoms with van der Waals surface area (Å²) in [6.45, 7) is 5.03. The van der Waals surface area contributed by atoms with Gasteiger partial charge in [-0.1, -0.05) is 48.4 Å². The number of esters is 1. The van der Waals surface area contributed by atoms with Gasteiger partial charge in [0.1, 0.15) is 19.1 Å². The molecule has 184 valence electrons. The fourth-order valence-electron chi connectivity index (χ4n) is 5.95. The molecule has 1 aromatic carbocycles. The molecule has 4 aliphatic heterocycles. The highest BCUT2D eigenvalue weighted by atomic mass is 79.9. The zero-order valence-corrected chi connectivity index (χ0v) is 22.5. The van der Waals surface area contributed by atoms with Crippen molar-refractivity contribution in [3.63, 3.8) is 0 Å². The van der Waals surface area contributed by atoms with Gasteiger partial charge in [0.15, 0.2) is 6.10 Å². The molecule has 0 aliphatic carbocycles. The lowest BCUT2D eigenvalue weighted by molar-refractivity contribution is -0.938. The maximum Gasteiger partial charge on any atom is 0.328 e. The van der Waals surface area contributed by atoms with Crippen LogP contribution in [-0.2, 0) is 9.53 Å². The third kappa shape index (κ3) is 5.59. The van der Waals surface area contributed by atoms with Crippen LogP contribution in [-0.4, -0.2) is 66.5 Å². The molecule has 4 fully saturated rings. The summed E-state index contributed by atoms with van der Waals surface area (Å²) in [5.41, 5.74) is 1.01. The van der Waals surface area contributed by atoms with Crippen LogP contribution in [0, 0.1) is 5.92 Å². The molecule has 4 aliphatic rings. The standard InChI is InChI=1S/C26H32ClN2O3S.BrH/c27-24-10-9-23(33-24)21(30)17-29-15-11-19(12-16-29)22(18-29)32-26(31)25(20-7-3-1-4-8-20)28-13-5-2-6-14-28;/h1,3-4,7-10,19,22,25H,2,5-6,11-18H2;1H/q+1;/p-1/t19?,22-,25?,29?;/m0./s1. The molecule has 2 bridgehead atoms. The Kier molecular flexibility index (Phi) is 8.52. The predicted octanol–water partition coefficient (Wildman–Crippen LogP) is 1.97. The highest BCUT2D eigenvalue weighted by Gasteiger charge is 2.49. The number of carbonyl (C=O) groups is 2. The van der Waals surface area contributed by atoms with Crippen molar-refractivity contribution in [3.05, 3.63) is 57.2 Å². The quantitative estimate of drug-likeness (QED) is 0.292. The minimum atomic E-state index is -0.342. The molecule has 4 saturated heterocycles. The van der Waals surface area contributed by atoms with Crippen LogP contribution < -0.4 is 17.0 Å².